The Bertz CT molecular complexity index is 688. The molecule has 0 atom stereocenters. The van der Waals surface area contributed by atoms with Crippen LogP contribution in [0.4, 0.5) is 4.39 Å². The monoisotopic (exact) mass is 331 g/mol. The minimum absolute atomic E-state index is 0.0663. The molecule has 24 heavy (non-hydrogen) atoms. The van der Waals surface area contributed by atoms with Crippen molar-refractivity contribution in [2.75, 3.05) is 14.2 Å². The highest BCUT2D eigenvalue weighted by Crippen LogP contribution is 2.18. The van der Waals surface area contributed by atoms with E-state index in [2.05, 4.69) is 5.32 Å². The lowest BCUT2D eigenvalue weighted by atomic mass is 10.1. The zero-order chi connectivity index (χ0) is 17.4. The van der Waals surface area contributed by atoms with Gasteiger partial charge in [-0.3, -0.25) is 4.79 Å². The van der Waals surface area contributed by atoms with Gasteiger partial charge in [-0.05, 0) is 35.2 Å². The highest BCUT2D eigenvalue weighted by atomic mass is 19.1. The zero-order valence-corrected chi connectivity index (χ0v) is 14.0. The van der Waals surface area contributed by atoms with Gasteiger partial charge in [0.15, 0.2) is 11.6 Å². The van der Waals surface area contributed by atoms with Gasteiger partial charge >= 0.3 is 0 Å². The number of rotatable bonds is 8. The maximum atomic E-state index is 13.6. The standard InChI is InChI=1S/C19H22FNO3/c1-23-13-16-5-3-4-15(10-16)12-21-19(22)9-7-14-6-8-18(24-2)17(20)11-14/h3-6,8,10-11H,7,9,12-13H2,1-2H3,(H,21,22). The zero-order valence-electron chi connectivity index (χ0n) is 14.0. The summed E-state index contributed by atoms with van der Waals surface area (Å²) in [4.78, 5) is 12.0. The Morgan fingerprint density at radius 3 is 2.58 bits per heavy atom. The predicted molar refractivity (Wildman–Crippen MR) is 90.3 cm³/mol. The molecule has 0 fully saturated rings. The summed E-state index contributed by atoms with van der Waals surface area (Å²) in [6.07, 6.45) is 0.792. The van der Waals surface area contributed by atoms with Crippen LogP contribution in [0.3, 0.4) is 0 Å². The van der Waals surface area contributed by atoms with Crippen molar-refractivity contribution in [2.24, 2.45) is 0 Å². The first-order chi connectivity index (χ1) is 11.6. The molecule has 2 aromatic rings. The molecule has 0 aliphatic heterocycles. The molecule has 4 nitrogen and oxygen atoms in total. The van der Waals surface area contributed by atoms with Crippen LogP contribution in [0.15, 0.2) is 42.5 Å². The molecule has 0 aliphatic rings. The average molecular weight is 331 g/mol. The van der Waals surface area contributed by atoms with Gasteiger partial charge in [-0.25, -0.2) is 4.39 Å². The smallest absolute Gasteiger partial charge is 0.220 e. The maximum Gasteiger partial charge on any atom is 0.220 e. The quantitative estimate of drug-likeness (QED) is 0.808. The number of ether oxygens (including phenoxy) is 2. The summed E-state index contributed by atoms with van der Waals surface area (Å²) in [6, 6.07) is 12.6. The molecule has 2 rings (SSSR count). The van der Waals surface area contributed by atoms with Crippen LogP contribution in [-0.2, 0) is 29.1 Å². The molecule has 0 saturated heterocycles. The molecule has 0 aromatic heterocycles. The fourth-order valence-corrected chi connectivity index (χ4v) is 2.41. The number of benzene rings is 2. The molecular weight excluding hydrogens is 309 g/mol. The van der Waals surface area contributed by atoms with E-state index in [-0.39, 0.29) is 11.7 Å². The average Bonchev–Trinajstić information content (AvgIpc) is 2.59. The second-order valence-electron chi connectivity index (χ2n) is 5.50. The molecule has 0 bridgehead atoms. The third-order valence-corrected chi connectivity index (χ3v) is 3.65. The van der Waals surface area contributed by atoms with Crippen molar-refractivity contribution in [1.29, 1.82) is 0 Å². The van der Waals surface area contributed by atoms with Crippen LogP contribution < -0.4 is 10.1 Å². The molecule has 128 valence electrons. The summed E-state index contributed by atoms with van der Waals surface area (Å²) < 4.78 is 23.6. The number of carbonyl (C=O) groups is 1. The number of methoxy groups -OCH3 is 2. The Morgan fingerprint density at radius 1 is 1.08 bits per heavy atom. The summed E-state index contributed by atoms with van der Waals surface area (Å²) in [7, 11) is 3.07. The van der Waals surface area contributed by atoms with E-state index < -0.39 is 5.82 Å². The number of hydrogen-bond donors (Lipinski definition) is 1. The van der Waals surface area contributed by atoms with Crippen molar-refractivity contribution in [3.05, 3.63) is 65.0 Å². The van der Waals surface area contributed by atoms with Crippen LogP contribution >= 0.6 is 0 Å². The molecule has 0 radical (unpaired) electrons. The van der Waals surface area contributed by atoms with E-state index in [1.807, 2.05) is 24.3 Å². The summed E-state index contributed by atoms with van der Waals surface area (Å²) >= 11 is 0. The number of aryl methyl sites for hydroxylation is 1. The Hall–Kier alpha value is -2.40. The first kappa shape index (κ1) is 17.9. The van der Waals surface area contributed by atoms with E-state index in [9.17, 15) is 9.18 Å². The lowest BCUT2D eigenvalue weighted by Crippen LogP contribution is -2.23. The van der Waals surface area contributed by atoms with Crippen molar-refractivity contribution in [2.45, 2.75) is 26.0 Å². The highest BCUT2D eigenvalue weighted by Gasteiger charge is 2.06. The van der Waals surface area contributed by atoms with Gasteiger partial charge in [-0.15, -0.1) is 0 Å². The third kappa shape index (κ3) is 5.35. The number of amides is 1. The third-order valence-electron chi connectivity index (χ3n) is 3.65. The van der Waals surface area contributed by atoms with Crippen LogP contribution in [0.2, 0.25) is 0 Å². The van der Waals surface area contributed by atoms with Gasteiger partial charge in [-0.1, -0.05) is 30.3 Å². The van der Waals surface area contributed by atoms with E-state index in [0.717, 1.165) is 16.7 Å². The molecule has 0 saturated carbocycles. The SMILES string of the molecule is COCc1cccc(CNC(=O)CCc2ccc(OC)c(F)c2)c1. The fraction of sp³-hybridized carbons (Fsp3) is 0.316. The lowest BCUT2D eigenvalue weighted by Gasteiger charge is -2.08. The summed E-state index contributed by atoms with van der Waals surface area (Å²) in [5.74, 6) is -0.270. The first-order valence-electron chi connectivity index (χ1n) is 7.78. The largest absolute Gasteiger partial charge is 0.494 e. The van der Waals surface area contributed by atoms with E-state index in [1.165, 1.54) is 13.2 Å². The lowest BCUT2D eigenvalue weighted by molar-refractivity contribution is -0.121. The minimum Gasteiger partial charge on any atom is -0.494 e. The van der Waals surface area contributed by atoms with Gasteiger partial charge in [0.2, 0.25) is 5.91 Å². The molecular formula is C19H22FNO3. The number of halogens is 1. The van der Waals surface area contributed by atoms with E-state index in [4.69, 9.17) is 9.47 Å². The van der Waals surface area contributed by atoms with Crippen molar-refractivity contribution in [3.63, 3.8) is 0 Å². The van der Waals surface area contributed by atoms with Crippen LogP contribution in [0.25, 0.3) is 0 Å². The van der Waals surface area contributed by atoms with E-state index in [1.54, 1.807) is 19.2 Å². The van der Waals surface area contributed by atoms with Crippen molar-refractivity contribution < 1.29 is 18.7 Å². The summed E-state index contributed by atoms with van der Waals surface area (Å²) in [5.41, 5.74) is 2.86. The number of nitrogens with one attached hydrogen (secondary N) is 1. The van der Waals surface area contributed by atoms with Crippen LogP contribution in [-0.4, -0.2) is 20.1 Å². The highest BCUT2D eigenvalue weighted by molar-refractivity contribution is 5.76. The van der Waals surface area contributed by atoms with Crippen LogP contribution in [0, 0.1) is 5.82 Å². The van der Waals surface area contributed by atoms with Crippen molar-refractivity contribution in [3.8, 4) is 5.75 Å². The normalized spacial score (nSPS) is 10.5. The Labute approximate surface area is 141 Å². The van der Waals surface area contributed by atoms with Gasteiger partial charge < -0.3 is 14.8 Å². The van der Waals surface area contributed by atoms with Crippen molar-refractivity contribution >= 4 is 5.91 Å². The second kappa shape index (κ2) is 9.03. The Morgan fingerprint density at radius 2 is 1.88 bits per heavy atom. The molecule has 2 aromatic carbocycles. The maximum absolute atomic E-state index is 13.6. The molecule has 0 heterocycles. The van der Waals surface area contributed by atoms with Crippen LogP contribution in [0.5, 0.6) is 5.75 Å². The van der Waals surface area contributed by atoms with Gasteiger partial charge in [0.1, 0.15) is 0 Å². The topological polar surface area (TPSA) is 47.6 Å². The molecule has 5 heteroatoms. The number of carbonyl (C=O) groups excluding carboxylic acids is 1. The van der Waals surface area contributed by atoms with Gasteiger partial charge in [-0.2, -0.15) is 0 Å². The van der Waals surface area contributed by atoms with E-state index >= 15 is 0 Å². The fourth-order valence-electron chi connectivity index (χ4n) is 2.41. The first-order valence-corrected chi connectivity index (χ1v) is 7.78. The Kier molecular flexibility index (Phi) is 6.75. The molecule has 1 N–H and O–H groups in total. The molecule has 0 aliphatic carbocycles. The van der Waals surface area contributed by atoms with E-state index in [0.29, 0.717) is 26.0 Å². The van der Waals surface area contributed by atoms with Gasteiger partial charge in [0.25, 0.3) is 0 Å². The Balaban J connectivity index is 1.81. The molecule has 0 spiro atoms. The van der Waals surface area contributed by atoms with Gasteiger partial charge in [0, 0.05) is 20.1 Å². The summed E-state index contributed by atoms with van der Waals surface area (Å²) in [6.45, 7) is 1.01. The minimum atomic E-state index is -0.412. The number of hydrogen-bond acceptors (Lipinski definition) is 3. The van der Waals surface area contributed by atoms with Crippen LogP contribution in [0.1, 0.15) is 23.1 Å². The second-order valence-corrected chi connectivity index (χ2v) is 5.50. The summed E-state index contributed by atoms with van der Waals surface area (Å²) in [5, 5.41) is 2.88. The molecule has 1 amide bonds. The van der Waals surface area contributed by atoms with Crippen molar-refractivity contribution in [1.82, 2.24) is 5.32 Å². The van der Waals surface area contributed by atoms with Gasteiger partial charge in [0.05, 0.1) is 13.7 Å². The molecule has 0 unspecified atom stereocenters. The predicted octanol–water partition coefficient (Wildman–Crippen LogP) is 3.23.